The monoisotopic (exact) mass is 485 g/mol. The molecule has 4 heterocycles. The van der Waals surface area contributed by atoms with E-state index < -0.39 is 11.7 Å². The van der Waals surface area contributed by atoms with E-state index in [9.17, 15) is 18.0 Å². The summed E-state index contributed by atoms with van der Waals surface area (Å²) in [4.78, 5) is 22.3. The highest BCUT2D eigenvalue weighted by Gasteiger charge is 2.31. The van der Waals surface area contributed by atoms with Gasteiger partial charge in [-0.3, -0.25) is 9.69 Å². The number of hydrogen-bond acceptors (Lipinski definition) is 6. The fourth-order valence-electron chi connectivity index (χ4n) is 4.20. The maximum absolute atomic E-state index is 13.2. The summed E-state index contributed by atoms with van der Waals surface area (Å²) in [6.07, 6.45) is -2.73. The summed E-state index contributed by atoms with van der Waals surface area (Å²) < 4.78 is 40.0. The fourth-order valence-corrected chi connectivity index (χ4v) is 4.92. The summed E-state index contributed by atoms with van der Waals surface area (Å²) in [6, 6.07) is 13.9. The molecule has 1 fully saturated rings. The number of nitrogens with zero attached hydrogens (tertiary/aromatic N) is 5. The summed E-state index contributed by atoms with van der Waals surface area (Å²) in [6.45, 7) is 2.99. The topological polar surface area (TPSA) is 54.3 Å². The van der Waals surface area contributed by atoms with Crippen LogP contribution in [-0.4, -0.2) is 45.8 Å². The van der Waals surface area contributed by atoms with Gasteiger partial charge in [0.2, 0.25) is 0 Å². The van der Waals surface area contributed by atoms with Crippen molar-refractivity contribution in [1.82, 2.24) is 19.7 Å². The number of aromatic nitrogens is 3. The van der Waals surface area contributed by atoms with Gasteiger partial charge >= 0.3 is 6.18 Å². The molecule has 0 amide bonds. The molecular formula is C24H22F3N5OS. The minimum atomic E-state index is -4.40. The van der Waals surface area contributed by atoms with Crippen molar-refractivity contribution in [2.45, 2.75) is 19.3 Å². The number of anilines is 1. The second kappa shape index (κ2) is 9.19. The lowest BCUT2D eigenvalue weighted by Gasteiger charge is -2.23. The molecule has 3 aromatic heterocycles. The molecule has 0 N–H and O–H groups in total. The average molecular weight is 486 g/mol. The second-order valence-electron chi connectivity index (χ2n) is 8.18. The molecule has 1 aromatic carbocycles. The first-order valence-corrected chi connectivity index (χ1v) is 11.8. The number of thiophene rings is 1. The number of hydrogen-bond donors (Lipinski definition) is 0. The highest BCUT2D eigenvalue weighted by Crippen LogP contribution is 2.30. The van der Waals surface area contributed by atoms with Gasteiger partial charge in [0.1, 0.15) is 11.5 Å². The maximum Gasteiger partial charge on any atom is 0.417 e. The van der Waals surface area contributed by atoms with Crippen LogP contribution in [0.3, 0.4) is 0 Å². The van der Waals surface area contributed by atoms with Crippen molar-refractivity contribution < 1.29 is 13.2 Å². The zero-order valence-electron chi connectivity index (χ0n) is 18.2. The maximum atomic E-state index is 13.2. The van der Waals surface area contributed by atoms with E-state index in [4.69, 9.17) is 5.10 Å². The number of benzene rings is 1. The van der Waals surface area contributed by atoms with E-state index >= 15 is 0 Å². The molecule has 0 spiro atoms. The summed E-state index contributed by atoms with van der Waals surface area (Å²) in [5, 5.41) is 8.17. The van der Waals surface area contributed by atoms with Crippen molar-refractivity contribution in [3.8, 4) is 10.6 Å². The van der Waals surface area contributed by atoms with Gasteiger partial charge in [0.05, 0.1) is 22.5 Å². The largest absolute Gasteiger partial charge is 0.417 e. The van der Waals surface area contributed by atoms with Gasteiger partial charge in [0.15, 0.2) is 0 Å². The second-order valence-corrected chi connectivity index (χ2v) is 9.13. The zero-order chi connectivity index (χ0) is 23.7. The first kappa shape index (κ1) is 22.5. The van der Waals surface area contributed by atoms with E-state index in [0.29, 0.717) is 37.5 Å². The lowest BCUT2D eigenvalue weighted by molar-refractivity contribution is -0.137. The Bertz CT molecular complexity index is 1340. The molecule has 0 atom stereocenters. The molecule has 0 saturated carbocycles. The summed E-state index contributed by atoms with van der Waals surface area (Å²) in [5.41, 5.74) is -0.104. The normalized spacial score (nSPS) is 15.6. The van der Waals surface area contributed by atoms with Gasteiger partial charge < -0.3 is 4.90 Å². The van der Waals surface area contributed by atoms with E-state index in [1.54, 1.807) is 11.3 Å². The molecule has 6 nitrogen and oxygen atoms in total. The fraction of sp³-hybridized carbons (Fsp3) is 0.292. The minimum Gasteiger partial charge on any atom is -0.355 e. The van der Waals surface area contributed by atoms with Crippen molar-refractivity contribution in [3.63, 3.8) is 0 Å². The number of fused-ring (bicyclic) bond motifs is 1. The van der Waals surface area contributed by atoms with Crippen LogP contribution in [0.25, 0.3) is 21.3 Å². The molecule has 1 saturated heterocycles. The van der Waals surface area contributed by atoms with E-state index in [1.807, 2.05) is 46.7 Å². The molecule has 10 heteroatoms. The van der Waals surface area contributed by atoms with Crippen molar-refractivity contribution in [3.05, 3.63) is 76.0 Å². The van der Waals surface area contributed by atoms with Crippen LogP contribution in [-0.2, 0) is 12.8 Å². The van der Waals surface area contributed by atoms with Gasteiger partial charge in [-0.15, -0.1) is 11.3 Å². The first-order chi connectivity index (χ1) is 16.4. The average Bonchev–Trinajstić information content (AvgIpc) is 3.27. The molecule has 34 heavy (non-hydrogen) atoms. The number of pyridine rings is 1. The number of halogens is 3. The Morgan fingerprint density at radius 3 is 2.47 bits per heavy atom. The summed E-state index contributed by atoms with van der Waals surface area (Å²) >= 11 is 1.58. The van der Waals surface area contributed by atoms with Crippen molar-refractivity contribution in [2.24, 2.45) is 0 Å². The molecule has 4 aromatic rings. The molecule has 0 radical (unpaired) electrons. The Hall–Kier alpha value is -3.24. The predicted molar refractivity (Wildman–Crippen MR) is 127 cm³/mol. The molecule has 1 aliphatic rings. The Labute approximate surface area is 197 Å². The Morgan fingerprint density at radius 2 is 1.76 bits per heavy atom. The van der Waals surface area contributed by atoms with Crippen LogP contribution in [0.15, 0.2) is 64.9 Å². The highest BCUT2D eigenvalue weighted by molar-refractivity contribution is 7.13. The summed E-state index contributed by atoms with van der Waals surface area (Å²) in [5.74, 6) is 0.524. The molecule has 0 unspecified atom stereocenters. The predicted octanol–water partition coefficient (Wildman–Crippen LogP) is 4.71. The third kappa shape index (κ3) is 4.55. The third-order valence-electron chi connectivity index (χ3n) is 5.94. The molecular weight excluding hydrogens is 463 g/mol. The quantitative estimate of drug-likeness (QED) is 0.419. The Morgan fingerprint density at radius 1 is 0.941 bits per heavy atom. The zero-order valence-corrected chi connectivity index (χ0v) is 19.0. The third-order valence-corrected chi connectivity index (χ3v) is 6.82. The van der Waals surface area contributed by atoms with Crippen LogP contribution in [0.2, 0.25) is 0 Å². The number of rotatable bonds is 4. The SMILES string of the molecule is O=c1c2ccccc2c(-c2cccs2)nn1CN1CCCN(c2ccc(C(F)(F)F)cn2)CC1. The molecule has 1 aliphatic heterocycles. The van der Waals surface area contributed by atoms with Crippen LogP contribution in [0.5, 0.6) is 0 Å². The Balaban J connectivity index is 1.36. The van der Waals surface area contributed by atoms with E-state index in [2.05, 4.69) is 9.88 Å². The van der Waals surface area contributed by atoms with Crippen molar-refractivity contribution in [2.75, 3.05) is 31.1 Å². The Kier molecular flexibility index (Phi) is 6.09. The highest BCUT2D eigenvalue weighted by atomic mass is 32.1. The van der Waals surface area contributed by atoms with Gasteiger partial charge in [-0.1, -0.05) is 24.3 Å². The van der Waals surface area contributed by atoms with Crippen LogP contribution < -0.4 is 10.5 Å². The standard InChI is InChI=1S/C24H22F3N5OS/c25-24(26,27)17-8-9-21(28-15-17)31-11-4-10-30(12-13-31)16-32-23(33)19-6-2-1-5-18(19)22(29-32)20-7-3-14-34-20/h1-3,5-9,14-15H,4,10-13,16H2. The van der Waals surface area contributed by atoms with Crippen molar-refractivity contribution in [1.29, 1.82) is 0 Å². The molecule has 0 aliphatic carbocycles. The molecule has 0 bridgehead atoms. The van der Waals surface area contributed by atoms with Gasteiger partial charge in [-0.25, -0.2) is 9.67 Å². The number of alkyl halides is 3. The minimum absolute atomic E-state index is 0.138. The van der Waals surface area contributed by atoms with Gasteiger partial charge in [-0.2, -0.15) is 18.3 Å². The van der Waals surface area contributed by atoms with E-state index in [0.717, 1.165) is 41.2 Å². The molecule has 5 rings (SSSR count). The van der Waals surface area contributed by atoms with Gasteiger partial charge in [0.25, 0.3) is 5.56 Å². The van der Waals surface area contributed by atoms with Crippen LogP contribution >= 0.6 is 11.3 Å². The van der Waals surface area contributed by atoms with E-state index in [1.165, 1.54) is 10.7 Å². The lowest BCUT2D eigenvalue weighted by atomic mass is 10.1. The first-order valence-electron chi connectivity index (χ1n) is 10.9. The smallest absolute Gasteiger partial charge is 0.355 e. The lowest BCUT2D eigenvalue weighted by Crippen LogP contribution is -2.36. The van der Waals surface area contributed by atoms with Crippen LogP contribution in [0, 0.1) is 0 Å². The van der Waals surface area contributed by atoms with Crippen molar-refractivity contribution >= 4 is 27.9 Å². The van der Waals surface area contributed by atoms with Gasteiger partial charge in [-0.05, 0) is 36.1 Å². The summed E-state index contributed by atoms with van der Waals surface area (Å²) in [7, 11) is 0. The van der Waals surface area contributed by atoms with Crippen LogP contribution in [0.4, 0.5) is 19.0 Å². The van der Waals surface area contributed by atoms with Gasteiger partial charge in [0, 0.05) is 37.8 Å². The van der Waals surface area contributed by atoms with Crippen LogP contribution in [0.1, 0.15) is 12.0 Å². The molecule has 176 valence electrons. The van der Waals surface area contributed by atoms with E-state index in [-0.39, 0.29) is 5.56 Å².